The van der Waals surface area contributed by atoms with Crippen LogP contribution >= 0.6 is 11.6 Å². The lowest BCUT2D eigenvalue weighted by atomic mass is 10.1. The molecule has 0 amide bonds. The second kappa shape index (κ2) is 5.75. The van der Waals surface area contributed by atoms with Crippen LogP contribution < -0.4 is 10.5 Å². The van der Waals surface area contributed by atoms with Crippen LogP contribution in [0.2, 0.25) is 5.02 Å². The van der Waals surface area contributed by atoms with Gasteiger partial charge in [0, 0.05) is 11.1 Å². The van der Waals surface area contributed by atoms with Crippen LogP contribution in [0.4, 0.5) is 0 Å². The van der Waals surface area contributed by atoms with Gasteiger partial charge in [-0.2, -0.15) is 5.26 Å². The van der Waals surface area contributed by atoms with E-state index in [0.29, 0.717) is 22.1 Å². The predicted molar refractivity (Wildman–Crippen MR) is 75.3 cm³/mol. The Labute approximate surface area is 117 Å². The van der Waals surface area contributed by atoms with E-state index >= 15 is 0 Å². The molecule has 0 spiro atoms. The zero-order valence-corrected chi connectivity index (χ0v) is 11.2. The molecule has 96 valence electrons. The van der Waals surface area contributed by atoms with Crippen LogP contribution in [0.3, 0.4) is 0 Å². The van der Waals surface area contributed by atoms with Crippen LogP contribution in [-0.4, -0.2) is 0 Å². The van der Waals surface area contributed by atoms with Crippen LogP contribution in [0.15, 0.2) is 42.5 Å². The van der Waals surface area contributed by atoms with E-state index in [1.165, 1.54) is 0 Å². The highest BCUT2D eigenvalue weighted by Gasteiger charge is 2.07. The van der Waals surface area contributed by atoms with E-state index in [2.05, 4.69) is 6.07 Å². The molecule has 0 bridgehead atoms. The minimum absolute atomic E-state index is 0.114. The summed E-state index contributed by atoms with van der Waals surface area (Å²) in [6.45, 7) is 1.88. The van der Waals surface area contributed by atoms with E-state index in [1.54, 1.807) is 30.3 Å². The maximum absolute atomic E-state index is 8.72. The normalized spacial score (nSPS) is 11.7. The average Bonchev–Trinajstić information content (AvgIpc) is 2.39. The summed E-state index contributed by atoms with van der Waals surface area (Å²) in [6, 6.07) is 14.2. The maximum atomic E-state index is 8.72. The third kappa shape index (κ3) is 3.25. The lowest BCUT2D eigenvalue weighted by Gasteiger charge is -2.11. The molecule has 19 heavy (non-hydrogen) atoms. The van der Waals surface area contributed by atoms with Gasteiger partial charge in [0.15, 0.2) is 0 Å². The van der Waals surface area contributed by atoms with Gasteiger partial charge in [-0.3, -0.25) is 0 Å². The first-order chi connectivity index (χ1) is 9.10. The quantitative estimate of drug-likeness (QED) is 0.918. The second-order valence-electron chi connectivity index (χ2n) is 4.21. The molecule has 2 N–H and O–H groups in total. The van der Waals surface area contributed by atoms with Crippen LogP contribution in [0, 0.1) is 11.3 Å². The molecular weight excluding hydrogens is 260 g/mol. The molecule has 0 aliphatic carbocycles. The van der Waals surface area contributed by atoms with E-state index in [-0.39, 0.29) is 6.04 Å². The smallest absolute Gasteiger partial charge is 0.128 e. The molecule has 3 nitrogen and oxygen atoms in total. The van der Waals surface area contributed by atoms with Gasteiger partial charge in [0.25, 0.3) is 0 Å². The first-order valence-corrected chi connectivity index (χ1v) is 6.21. The van der Waals surface area contributed by atoms with Crippen LogP contribution in [0.5, 0.6) is 11.5 Å². The van der Waals surface area contributed by atoms with E-state index in [4.69, 9.17) is 27.3 Å². The van der Waals surface area contributed by atoms with Gasteiger partial charge in [-0.25, -0.2) is 0 Å². The molecule has 0 aromatic heterocycles. The highest BCUT2D eigenvalue weighted by Crippen LogP contribution is 2.29. The fourth-order valence-corrected chi connectivity index (χ4v) is 2.02. The lowest BCUT2D eigenvalue weighted by Crippen LogP contribution is -2.05. The van der Waals surface area contributed by atoms with Crippen LogP contribution in [-0.2, 0) is 0 Å². The molecule has 0 heterocycles. The molecule has 4 heteroatoms. The average molecular weight is 273 g/mol. The largest absolute Gasteiger partial charge is 0.457 e. The van der Waals surface area contributed by atoms with Crippen molar-refractivity contribution in [2.75, 3.05) is 0 Å². The van der Waals surface area contributed by atoms with E-state index in [9.17, 15) is 0 Å². The number of ether oxygens (including phenoxy) is 1. The number of nitriles is 1. The Balaban J connectivity index is 2.19. The molecule has 2 rings (SSSR count). The molecule has 0 saturated carbocycles. The van der Waals surface area contributed by atoms with Crippen molar-refractivity contribution in [1.82, 2.24) is 0 Å². The summed E-state index contributed by atoms with van der Waals surface area (Å²) in [7, 11) is 0. The molecular formula is C15H13ClN2O. The topological polar surface area (TPSA) is 59.0 Å². The number of hydrogen-bond acceptors (Lipinski definition) is 3. The Morgan fingerprint density at radius 2 is 1.79 bits per heavy atom. The van der Waals surface area contributed by atoms with Gasteiger partial charge in [0.1, 0.15) is 11.5 Å². The molecule has 2 aromatic rings. The number of benzene rings is 2. The molecule has 0 saturated heterocycles. The summed E-state index contributed by atoms with van der Waals surface area (Å²) in [5.74, 6) is 1.29. The van der Waals surface area contributed by atoms with Gasteiger partial charge in [-0.05, 0) is 48.9 Å². The molecule has 0 fully saturated rings. The van der Waals surface area contributed by atoms with Gasteiger partial charge in [-0.1, -0.05) is 17.7 Å². The Morgan fingerprint density at radius 3 is 2.32 bits per heavy atom. The van der Waals surface area contributed by atoms with Crippen LogP contribution in [0.1, 0.15) is 24.1 Å². The minimum Gasteiger partial charge on any atom is -0.457 e. The van der Waals surface area contributed by atoms with Crippen molar-refractivity contribution in [2.24, 2.45) is 5.73 Å². The van der Waals surface area contributed by atoms with Crippen molar-refractivity contribution in [3.63, 3.8) is 0 Å². The maximum Gasteiger partial charge on any atom is 0.128 e. The second-order valence-corrected chi connectivity index (χ2v) is 4.62. The highest BCUT2D eigenvalue weighted by molar-refractivity contribution is 6.31. The van der Waals surface area contributed by atoms with Crippen molar-refractivity contribution in [3.8, 4) is 17.6 Å². The number of halogens is 1. The lowest BCUT2D eigenvalue weighted by molar-refractivity contribution is 0.482. The van der Waals surface area contributed by atoms with Gasteiger partial charge < -0.3 is 10.5 Å². The van der Waals surface area contributed by atoms with E-state index < -0.39 is 0 Å². The minimum atomic E-state index is -0.114. The molecule has 2 aromatic carbocycles. The van der Waals surface area contributed by atoms with Crippen molar-refractivity contribution in [3.05, 3.63) is 58.6 Å². The fraction of sp³-hybridized carbons (Fsp3) is 0.133. The molecule has 1 atom stereocenters. The van der Waals surface area contributed by atoms with Crippen LogP contribution in [0.25, 0.3) is 0 Å². The Hall–Kier alpha value is -2.02. The Morgan fingerprint density at radius 1 is 1.16 bits per heavy atom. The van der Waals surface area contributed by atoms with Crippen molar-refractivity contribution >= 4 is 11.6 Å². The molecule has 1 unspecified atom stereocenters. The summed E-state index contributed by atoms with van der Waals surface area (Å²) < 4.78 is 5.66. The highest BCUT2D eigenvalue weighted by atomic mass is 35.5. The van der Waals surface area contributed by atoms with Gasteiger partial charge in [0.2, 0.25) is 0 Å². The number of nitrogens with zero attached hydrogens (tertiary/aromatic N) is 1. The summed E-state index contributed by atoms with van der Waals surface area (Å²) in [5, 5.41) is 9.30. The Kier molecular flexibility index (Phi) is 4.06. The molecule has 0 radical (unpaired) electrons. The zero-order valence-electron chi connectivity index (χ0n) is 10.4. The fourth-order valence-electron chi connectivity index (χ4n) is 1.67. The first-order valence-electron chi connectivity index (χ1n) is 5.83. The van der Waals surface area contributed by atoms with Crippen molar-refractivity contribution in [1.29, 1.82) is 5.26 Å². The predicted octanol–water partition coefficient (Wildman–Crippen LogP) is 4.02. The molecule has 0 aliphatic heterocycles. The third-order valence-electron chi connectivity index (χ3n) is 2.68. The molecule has 0 aliphatic rings. The van der Waals surface area contributed by atoms with Gasteiger partial charge in [-0.15, -0.1) is 0 Å². The first kappa shape index (κ1) is 13.4. The number of nitrogens with two attached hydrogens (primary N) is 1. The summed E-state index contributed by atoms with van der Waals surface area (Å²) in [5.41, 5.74) is 7.27. The number of hydrogen-bond donors (Lipinski definition) is 1. The van der Waals surface area contributed by atoms with Crippen molar-refractivity contribution < 1.29 is 4.74 Å². The van der Waals surface area contributed by atoms with Crippen molar-refractivity contribution in [2.45, 2.75) is 13.0 Å². The van der Waals surface area contributed by atoms with Gasteiger partial charge >= 0.3 is 0 Å². The van der Waals surface area contributed by atoms with Gasteiger partial charge in [0.05, 0.1) is 11.6 Å². The third-order valence-corrected chi connectivity index (χ3v) is 3.01. The summed E-state index contributed by atoms with van der Waals surface area (Å²) in [6.07, 6.45) is 0. The zero-order chi connectivity index (χ0) is 13.8. The Bertz CT molecular complexity index is 615. The standard InChI is InChI=1S/C15H13ClN2O/c1-10(18)14-7-6-13(8-15(14)16)19-12-4-2-11(9-17)3-5-12/h2-8,10H,18H2,1H3. The monoisotopic (exact) mass is 272 g/mol. The summed E-state index contributed by atoms with van der Waals surface area (Å²) in [4.78, 5) is 0. The summed E-state index contributed by atoms with van der Waals surface area (Å²) >= 11 is 6.14. The van der Waals surface area contributed by atoms with E-state index in [0.717, 1.165) is 5.56 Å². The number of rotatable bonds is 3. The SMILES string of the molecule is CC(N)c1ccc(Oc2ccc(C#N)cc2)cc1Cl. The van der Waals surface area contributed by atoms with E-state index in [1.807, 2.05) is 19.1 Å².